The number of hydrogen-bond acceptors (Lipinski definition) is 5. The smallest absolute Gasteiger partial charge is 0.253 e. The van der Waals surface area contributed by atoms with Gasteiger partial charge in [-0.15, -0.1) is 5.10 Å². The van der Waals surface area contributed by atoms with Crippen LogP contribution in [-0.4, -0.2) is 37.6 Å². The van der Waals surface area contributed by atoms with Gasteiger partial charge in [-0.05, 0) is 26.0 Å². The van der Waals surface area contributed by atoms with Gasteiger partial charge in [-0.25, -0.2) is 4.68 Å². The van der Waals surface area contributed by atoms with Crippen LogP contribution in [0, 0.1) is 0 Å². The Labute approximate surface area is 139 Å². The van der Waals surface area contributed by atoms with Crippen LogP contribution >= 0.6 is 0 Å². The first-order valence-corrected chi connectivity index (χ1v) is 7.68. The van der Waals surface area contributed by atoms with E-state index in [-0.39, 0.29) is 12.5 Å². The van der Waals surface area contributed by atoms with Gasteiger partial charge in [0, 0.05) is 11.6 Å². The Balaban J connectivity index is 1.80. The summed E-state index contributed by atoms with van der Waals surface area (Å²) in [5, 5.41) is 20.8. The van der Waals surface area contributed by atoms with E-state index >= 15 is 0 Å². The minimum atomic E-state index is -0.698. The number of hydrogen-bond donors (Lipinski definition) is 2. The molecule has 0 saturated heterocycles. The summed E-state index contributed by atoms with van der Waals surface area (Å²) in [6.07, 6.45) is 3.28. The summed E-state index contributed by atoms with van der Waals surface area (Å²) < 4.78 is 1.54. The third kappa shape index (κ3) is 3.26. The van der Waals surface area contributed by atoms with E-state index in [4.69, 9.17) is 5.11 Å². The predicted octanol–water partition coefficient (Wildman–Crippen LogP) is 1.48. The predicted molar refractivity (Wildman–Crippen MR) is 89.3 cm³/mol. The van der Waals surface area contributed by atoms with E-state index in [1.165, 1.54) is 0 Å². The minimum Gasteiger partial charge on any atom is -0.394 e. The van der Waals surface area contributed by atoms with Crippen molar-refractivity contribution in [1.29, 1.82) is 0 Å². The van der Waals surface area contributed by atoms with E-state index in [1.54, 1.807) is 17.1 Å². The molecule has 0 atom stereocenters. The second kappa shape index (κ2) is 6.37. The highest BCUT2D eigenvalue weighted by Gasteiger charge is 2.27. The fourth-order valence-corrected chi connectivity index (χ4v) is 2.41. The normalized spacial score (nSPS) is 11.6. The van der Waals surface area contributed by atoms with Gasteiger partial charge in [0.15, 0.2) is 0 Å². The summed E-state index contributed by atoms with van der Waals surface area (Å²) in [6.45, 7) is 4.06. The molecule has 0 aliphatic heterocycles. The number of aliphatic hydroxyl groups excluding tert-OH is 1. The van der Waals surface area contributed by atoms with Crippen LogP contribution in [0.3, 0.4) is 0 Å². The van der Waals surface area contributed by atoms with Gasteiger partial charge < -0.3 is 10.4 Å². The van der Waals surface area contributed by atoms with Crippen LogP contribution in [0.5, 0.6) is 0 Å². The van der Waals surface area contributed by atoms with Crippen LogP contribution < -0.4 is 5.32 Å². The van der Waals surface area contributed by atoms with Crippen molar-refractivity contribution in [1.82, 2.24) is 25.3 Å². The Morgan fingerprint density at radius 3 is 2.92 bits per heavy atom. The van der Waals surface area contributed by atoms with Crippen molar-refractivity contribution in [3.05, 3.63) is 54.0 Å². The molecule has 1 amide bonds. The molecule has 0 spiro atoms. The largest absolute Gasteiger partial charge is 0.394 e. The van der Waals surface area contributed by atoms with Crippen molar-refractivity contribution in [2.45, 2.75) is 25.9 Å². The van der Waals surface area contributed by atoms with Crippen LogP contribution in [0.1, 0.15) is 29.9 Å². The summed E-state index contributed by atoms with van der Waals surface area (Å²) in [4.78, 5) is 16.9. The molecule has 0 saturated carbocycles. The van der Waals surface area contributed by atoms with Crippen LogP contribution in [0.2, 0.25) is 0 Å². The molecule has 0 radical (unpaired) electrons. The molecular weight excluding hydrogens is 306 g/mol. The highest BCUT2D eigenvalue weighted by atomic mass is 16.3. The topological polar surface area (TPSA) is 92.9 Å². The van der Waals surface area contributed by atoms with Gasteiger partial charge in [0.2, 0.25) is 0 Å². The quantitative estimate of drug-likeness (QED) is 0.741. The van der Waals surface area contributed by atoms with E-state index in [0.29, 0.717) is 17.8 Å². The average molecular weight is 325 g/mol. The zero-order chi connectivity index (χ0) is 17.2. The number of rotatable bonds is 5. The Bertz CT molecular complexity index is 872. The molecule has 24 heavy (non-hydrogen) atoms. The first-order chi connectivity index (χ1) is 11.5. The maximum absolute atomic E-state index is 12.6. The molecule has 0 aliphatic rings. The van der Waals surface area contributed by atoms with Crippen molar-refractivity contribution >= 4 is 16.8 Å². The van der Waals surface area contributed by atoms with Gasteiger partial charge in [-0.2, -0.15) is 0 Å². The lowest BCUT2D eigenvalue weighted by Crippen LogP contribution is -2.41. The summed E-state index contributed by atoms with van der Waals surface area (Å²) in [7, 11) is 0. The molecular formula is C17H19N5O2. The third-order valence-electron chi connectivity index (χ3n) is 3.79. The molecule has 0 unspecified atom stereocenters. The molecule has 2 heterocycles. The first-order valence-electron chi connectivity index (χ1n) is 7.68. The van der Waals surface area contributed by atoms with Crippen LogP contribution in [0.4, 0.5) is 0 Å². The van der Waals surface area contributed by atoms with Gasteiger partial charge in [-0.1, -0.05) is 23.4 Å². The number of nitrogens with one attached hydrogen (secondary N) is 1. The number of aliphatic hydroxyl groups is 1. The summed E-state index contributed by atoms with van der Waals surface area (Å²) in [6, 6.07) is 9.46. The van der Waals surface area contributed by atoms with Gasteiger partial charge in [0.05, 0.1) is 36.0 Å². The number of benzene rings is 1. The molecule has 3 aromatic rings. The van der Waals surface area contributed by atoms with Gasteiger partial charge in [0.1, 0.15) is 5.69 Å². The lowest BCUT2D eigenvalue weighted by Gasteiger charge is -2.23. The van der Waals surface area contributed by atoms with Crippen molar-refractivity contribution < 1.29 is 9.90 Å². The molecule has 0 aliphatic carbocycles. The minimum absolute atomic E-state index is 0.0155. The SMILES string of the molecule is CC(C)(NC(=O)c1cnc2ccccc2c1)c1cn(CCO)nn1. The Morgan fingerprint density at radius 2 is 2.12 bits per heavy atom. The number of nitrogens with zero attached hydrogens (tertiary/aromatic N) is 4. The van der Waals surface area contributed by atoms with Gasteiger partial charge >= 0.3 is 0 Å². The Morgan fingerprint density at radius 1 is 1.33 bits per heavy atom. The molecule has 2 N–H and O–H groups in total. The number of pyridine rings is 1. The summed E-state index contributed by atoms with van der Waals surface area (Å²) in [5.41, 5.74) is 1.26. The molecule has 7 nitrogen and oxygen atoms in total. The number of fused-ring (bicyclic) bond motifs is 1. The van der Waals surface area contributed by atoms with Crippen molar-refractivity contribution in [2.24, 2.45) is 0 Å². The first kappa shape index (κ1) is 16.1. The zero-order valence-corrected chi connectivity index (χ0v) is 13.6. The van der Waals surface area contributed by atoms with Gasteiger partial charge in [0.25, 0.3) is 5.91 Å². The Kier molecular flexibility index (Phi) is 4.26. The molecule has 0 bridgehead atoms. The third-order valence-corrected chi connectivity index (χ3v) is 3.79. The second-order valence-corrected chi connectivity index (χ2v) is 6.09. The standard InChI is InChI=1S/C17H19N5O2/c1-17(2,15-11-22(7-8-23)21-20-15)19-16(24)13-9-12-5-3-4-6-14(12)18-10-13/h3-6,9-11,23H,7-8H2,1-2H3,(H,19,24). The fourth-order valence-electron chi connectivity index (χ4n) is 2.41. The highest BCUT2D eigenvalue weighted by molar-refractivity contribution is 5.97. The maximum Gasteiger partial charge on any atom is 0.253 e. The highest BCUT2D eigenvalue weighted by Crippen LogP contribution is 2.19. The maximum atomic E-state index is 12.6. The second-order valence-electron chi connectivity index (χ2n) is 6.09. The Hall–Kier alpha value is -2.80. The number of amides is 1. The van der Waals surface area contributed by atoms with E-state index in [9.17, 15) is 4.79 Å². The van der Waals surface area contributed by atoms with Crippen molar-refractivity contribution in [3.8, 4) is 0 Å². The molecule has 2 aromatic heterocycles. The number of carbonyl (C=O) groups is 1. The van der Waals surface area contributed by atoms with E-state index in [1.807, 2.05) is 44.2 Å². The summed E-state index contributed by atoms with van der Waals surface area (Å²) in [5.74, 6) is -0.227. The van der Waals surface area contributed by atoms with Crippen LogP contribution in [-0.2, 0) is 12.1 Å². The van der Waals surface area contributed by atoms with E-state index in [2.05, 4.69) is 20.6 Å². The lowest BCUT2D eigenvalue weighted by atomic mass is 10.0. The molecule has 1 aromatic carbocycles. The van der Waals surface area contributed by atoms with Crippen LogP contribution in [0.25, 0.3) is 10.9 Å². The zero-order valence-electron chi connectivity index (χ0n) is 13.6. The summed E-state index contributed by atoms with van der Waals surface area (Å²) >= 11 is 0. The van der Waals surface area contributed by atoms with E-state index < -0.39 is 5.54 Å². The fraction of sp³-hybridized carbons (Fsp3) is 0.294. The van der Waals surface area contributed by atoms with Crippen molar-refractivity contribution in [3.63, 3.8) is 0 Å². The molecule has 7 heteroatoms. The monoisotopic (exact) mass is 325 g/mol. The number of carbonyl (C=O) groups excluding carboxylic acids is 1. The molecule has 0 fully saturated rings. The lowest BCUT2D eigenvalue weighted by molar-refractivity contribution is 0.0910. The number of aromatic nitrogens is 4. The van der Waals surface area contributed by atoms with Gasteiger partial charge in [-0.3, -0.25) is 9.78 Å². The molecule has 124 valence electrons. The van der Waals surface area contributed by atoms with Crippen LogP contribution in [0.15, 0.2) is 42.7 Å². The molecule has 3 rings (SSSR count). The average Bonchev–Trinajstić information content (AvgIpc) is 3.04. The number of para-hydroxylation sites is 1. The van der Waals surface area contributed by atoms with Crippen molar-refractivity contribution in [2.75, 3.05) is 6.61 Å². The van der Waals surface area contributed by atoms with E-state index in [0.717, 1.165) is 10.9 Å².